The summed E-state index contributed by atoms with van der Waals surface area (Å²) < 4.78 is 4.03. The lowest BCUT2D eigenvalue weighted by Gasteiger charge is -2.20. The smallest absolute Gasteiger partial charge is 0.0856 e. The summed E-state index contributed by atoms with van der Waals surface area (Å²) in [5.74, 6) is 0.606. The molecule has 1 unspecified atom stereocenters. The van der Waals surface area contributed by atoms with Gasteiger partial charge in [-0.05, 0) is 23.9 Å². The molecule has 0 fully saturated rings. The fourth-order valence-corrected chi connectivity index (χ4v) is 2.45. The Morgan fingerprint density at radius 1 is 1.33 bits per heavy atom. The van der Waals surface area contributed by atoms with Crippen molar-refractivity contribution in [3.63, 3.8) is 0 Å². The van der Waals surface area contributed by atoms with Crippen molar-refractivity contribution in [2.45, 2.75) is 52.5 Å². The standard InChI is InChI=1S/C11H21N3S/c1-7(2)6-8(12)9-10(11(3,4)5)13-14-15-9/h7-8H,6,12H2,1-5H3. The van der Waals surface area contributed by atoms with Gasteiger partial charge in [-0.25, -0.2) is 0 Å². The maximum atomic E-state index is 6.17. The van der Waals surface area contributed by atoms with Crippen LogP contribution < -0.4 is 5.73 Å². The highest BCUT2D eigenvalue weighted by molar-refractivity contribution is 7.05. The lowest BCUT2D eigenvalue weighted by molar-refractivity contribution is 0.495. The van der Waals surface area contributed by atoms with Crippen molar-refractivity contribution in [2.24, 2.45) is 11.7 Å². The molecule has 2 N–H and O–H groups in total. The largest absolute Gasteiger partial charge is 0.323 e. The molecule has 0 aliphatic heterocycles. The van der Waals surface area contributed by atoms with E-state index in [0.29, 0.717) is 5.92 Å². The number of nitrogens with zero attached hydrogens (tertiary/aromatic N) is 2. The zero-order valence-electron chi connectivity index (χ0n) is 10.2. The first-order valence-corrected chi connectivity index (χ1v) is 6.18. The second-order valence-corrected chi connectivity index (χ2v) is 6.26. The van der Waals surface area contributed by atoms with Gasteiger partial charge >= 0.3 is 0 Å². The van der Waals surface area contributed by atoms with Crippen LogP contribution in [0.5, 0.6) is 0 Å². The molecule has 0 spiro atoms. The van der Waals surface area contributed by atoms with Gasteiger partial charge in [0.25, 0.3) is 0 Å². The molecule has 1 rings (SSSR count). The van der Waals surface area contributed by atoms with E-state index in [9.17, 15) is 0 Å². The Morgan fingerprint density at radius 2 is 1.93 bits per heavy atom. The summed E-state index contributed by atoms with van der Waals surface area (Å²) >= 11 is 1.44. The lowest BCUT2D eigenvalue weighted by atomic mass is 9.89. The zero-order chi connectivity index (χ0) is 11.6. The van der Waals surface area contributed by atoms with E-state index in [-0.39, 0.29) is 11.5 Å². The van der Waals surface area contributed by atoms with E-state index in [1.54, 1.807) is 0 Å². The Kier molecular flexibility index (Phi) is 3.84. The van der Waals surface area contributed by atoms with Crippen LogP contribution in [0.15, 0.2) is 0 Å². The summed E-state index contributed by atoms with van der Waals surface area (Å²) in [6, 6.07) is 0.0826. The van der Waals surface area contributed by atoms with Crippen molar-refractivity contribution in [3.8, 4) is 0 Å². The summed E-state index contributed by atoms with van der Waals surface area (Å²) in [5, 5.41) is 4.20. The van der Waals surface area contributed by atoms with E-state index in [1.165, 1.54) is 11.5 Å². The van der Waals surface area contributed by atoms with Crippen molar-refractivity contribution >= 4 is 11.5 Å². The molecule has 1 atom stereocenters. The third kappa shape index (κ3) is 3.24. The minimum Gasteiger partial charge on any atom is -0.323 e. The van der Waals surface area contributed by atoms with Gasteiger partial charge in [0.1, 0.15) is 0 Å². The molecule has 1 aromatic heterocycles. The monoisotopic (exact) mass is 227 g/mol. The van der Waals surface area contributed by atoms with Gasteiger partial charge in [0.05, 0.1) is 10.6 Å². The Bertz CT molecular complexity index is 312. The molecule has 0 saturated heterocycles. The van der Waals surface area contributed by atoms with E-state index in [2.05, 4.69) is 44.2 Å². The molecule has 0 bridgehead atoms. The van der Waals surface area contributed by atoms with Crippen molar-refractivity contribution in [1.29, 1.82) is 0 Å². The van der Waals surface area contributed by atoms with Crippen LogP contribution in [-0.4, -0.2) is 9.59 Å². The third-order valence-corrected chi connectivity index (χ3v) is 3.14. The van der Waals surface area contributed by atoms with E-state index in [1.807, 2.05) is 0 Å². The van der Waals surface area contributed by atoms with E-state index in [0.717, 1.165) is 17.0 Å². The Balaban J connectivity index is 2.90. The molecule has 0 saturated carbocycles. The molecule has 0 amide bonds. The van der Waals surface area contributed by atoms with Crippen LogP contribution in [0.25, 0.3) is 0 Å². The Hall–Kier alpha value is -0.480. The van der Waals surface area contributed by atoms with E-state index in [4.69, 9.17) is 5.73 Å². The van der Waals surface area contributed by atoms with Gasteiger partial charge in [-0.3, -0.25) is 0 Å². The molecular weight excluding hydrogens is 206 g/mol. The summed E-state index contributed by atoms with van der Waals surface area (Å²) in [5.41, 5.74) is 7.26. The molecule has 0 aliphatic carbocycles. The van der Waals surface area contributed by atoms with Crippen molar-refractivity contribution in [3.05, 3.63) is 10.6 Å². The number of hydrogen-bond donors (Lipinski definition) is 1. The van der Waals surface area contributed by atoms with Crippen molar-refractivity contribution in [2.75, 3.05) is 0 Å². The molecule has 3 nitrogen and oxygen atoms in total. The molecule has 1 heterocycles. The first kappa shape index (κ1) is 12.6. The van der Waals surface area contributed by atoms with Crippen LogP contribution in [0, 0.1) is 5.92 Å². The van der Waals surface area contributed by atoms with Crippen LogP contribution in [0.3, 0.4) is 0 Å². The lowest BCUT2D eigenvalue weighted by Crippen LogP contribution is -2.20. The second kappa shape index (κ2) is 4.58. The van der Waals surface area contributed by atoms with Crippen LogP contribution in [0.4, 0.5) is 0 Å². The molecule has 0 radical (unpaired) electrons. The fourth-order valence-electron chi connectivity index (χ4n) is 1.58. The molecule has 4 heteroatoms. The molecule has 86 valence electrons. The Labute approximate surface area is 96.2 Å². The second-order valence-electron chi connectivity index (χ2n) is 5.47. The highest BCUT2D eigenvalue weighted by Crippen LogP contribution is 2.31. The van der Waals surface area contributed by atoms with Gasteiger partial charge in [0, 0.05) is 11.5 Å². The normalized spacial score (nSPS) is 14.6. The van der Waals surface area contributed by atoms with Crippen LogP contribution in [-0.2, 0) is 5.41 Å². The molecule has 0 aromatic carbocycles. The van der Waals surface area contributed by atoms with E-state index < -0.39 is 0 Å². The Morgan fingerprint density at radius 3 is 2.40 bits per heavy atom. The third-order valence-electron chi connectivity index (χ3n) is 2.29. The summed E-state index contributed by atoms with van der Waals surface area (Å²) in [6.45, 7) is 10.8. The average molecular weight is 227 g/mol. The molecule has 15 heavy (non-hydrogen) atoms. The highest BCUT2D eigenvalue weighted by atomic mass is 32.1. The van der Waals surface area contributed by atoms with Crippen LogP contribution >= 0.6 is 11.5 Å². The average Bonchev–Trinajstić information content (AvgIpc) is 2.48. The topological polar surface area (TPSA) is 51.8 Å². The number of rotatable bonds is 3. The van der Waals surface area contributed by atoms with Gasteiger partial charge in [-0.1, -0.05) is 39.1 Å². The highest BCUT2D eigenvalue weighted by Gasteiger charge is 2.25. The van der Waals surface area contributed by atoms with Crippen molar-refractivity contribution in [1.82, 2.24) is 9.59 Å². The maximum Gasteiger partial charge on any atom is 0.0856 e. The van der Waals surface area contributed by atoms with Crippen LogP contribution in [0.1, 0.15) is 57.7 Å². The molecule has 1 aromatic rings. The molecular formula is C11H21N3S. The number of aromatic nitrogens is 2. The van der Waals surface area contributed by atoms with Crippen molar-refractivity contribution < 1.29 is 0 Å². The van der Waals surface area contributed by atoms with Gasteiger partial charge in [-0.2, -0.15) is 0 Å². The fraction of sp³-hybridized carbons (Fsp3) is 0.818. The summed E-state index contributed by atoms with van der Waals surface area (Å²) in [4.78, 5) is 1.15. The molecule has 0 aliphatic rings. The van der Waals surface area contributed by atoms with E-state index >= 15 is 0 Å². The maximum absolute atomic E-state index is 6.17. The summed E-state index contributed by atoms with van der Waals surface area (Å²) in [6.07, 6.45) is 0.993. The summed E-state index contributed by atoms with van der Waals surface area (Å²) in [7, 11) is 0. The first-order chi connectivity index (χ1) is 6.82. The van der Waals surface area contributed by atoms with Crippen LogP contribution in [0.2, 0.25) is 0 Å². The SMILES string of the molecule is CC(C)CC(N)c1snnc1C(C)(C)C. The van der Waals surface area contributed by atoms with Gasteiger partial charge in [-0.15, -0.1) is 5.10 Å². The zero-order valence-corrected chi connectivity index (χ0v) is 11.1. The predicted octanol–water partition coefficient (Wildman–Crippen LogP) is 2.88. The predicted molar refractivity (Wildman–Crippen MR) is 65.0 cm³/mol. The minimum absolute atomic E-state index is 0.0386. The first-order valence-electron chi connectivity index (χ1n) is 5.40. The number of hydrogen-bond acceptors (Lipinski definition) is 4. The number of nitrogens with two attached hydrogens (primary N) is 1. The minimum atomic E-state index is 0.0386. The quantitative estimate of drug-likeness (QED) is 0.864. The van der Waals surface area contributed by atoms with Gasteiger partial charge in [0.2, 0.25) is 0 Å². The van der Waals surface area contributed by atoms with Gasteiger partial charge in [0.15, 0.2) is 0 Å². The van der Waals surface area contributed by atoms with Gasteiger partial charge < -0.3 is 5.73 Å².